The van der Waals surface area contributed by atoms with E-state index in [1.165, 1.54) is 191 Å². The van der Waals surface area contributed by atoms with Crippen molar-refractivity contribution < 1.29 is 4.48 Å². The number of nitrogens with zero attached hydrogens (tertiary/aromatic N) is 1. The zero-order valence-corrected chi connectivity index (χ0v) is 33.9. The summed E-state index contributed by atoms with van der Waals surface area (Å²) < 4.78 is 1.32. The van der Waals surface area contributed by atoms with Gasteiger partial charge in [-0.25, -0.2) is 0 Å². The molecule has 0 radical (unpaired) electrons. The van der Waals surface area contributed by atoms with Crippen LogP contribution < -0.4 is 0 Å². The van der Waals surface area contributed by atoms with E-state index in [-0.39, 0.29) is 0 Å². The third-order valence-corrected chi connectivity index (χ3v) is 16.7. The van der Waals surface area contributed by atoms with Crippen molar-refractivity contribution in [1.29, 1.82) is 0 Å². The molecule has 0 amide bonds. The van der Waals surface area contributed by atoms with Gasteiger partial charge in [-0.05, 0) is 0 Å². The Balaban J connectivity index is 3.13. The molecule has 0 fully saturated rings. The van der Waals surface area contributed by atoms with Gasteiger partial charge in [-0.2, -0.15) is 0 Å². The van der Waals surface area contributed by atoms with Crippen LogP contribution in [-0.2, 0) is 12.7 Å². The van der Waals surface area contributed by atoms with Crippen molar-refractivity contribution in [2.75, 3.05) is 38.1 Å². The molecule has 2 heteroatoms. The summed E-state index contributed by atoms with van der Waals surface area (Å²) in [5, 5.41) is 0. The van der Waals surface area contributed by atoms with Gasteiger partial charge in [-0.3, -0.25) is 0 Å². The molecule has 0 aliphatic heterocycles. The van der Waals surface area contributed by atoms with Crippen molar-refractivity contribution in [3.8, 4) is 0 Å². The van der Waals surface area contributed by atoms with E-state index in [4.69, 9.17) is 0 Å². The predicted molar refractivity (Wildman–Crippen MR) is 216 cm³/mol. The first-order valence-electron chi connectivity index (χ1n) is 21.5. The molecule has 1 aromatic rings. The van der Waals surface area contributed by atoms with Gasteiger partial charge in [0.1, 0.15) is 0 Å². The van der Waals surface area contributed by atoms with Crippen LogP contribution >= 0.6 is 7.26 Å². The fourth-order valence-corrected chi connectivity index (χ4v) is 13.5. The topological polar surface area (TPSA) is 0 Å². The van der Waals surface area contributed by atoms with E-state index in [0.29, 0.717) is 0 Å². The summed E-state index contributed by atoms with van der Waals surface area (Å²) in [5.74, 6) is 0. The van der Waals surface area contributed by atoms with Gasteiger partial charge in [-0.1, -0.05) is 0 Å². The molecule has 1 aromatic carbocycles. The summed E-state index contributed by atoms with van der Waals surface area (Å²) in [6, 6.07) is 10.4. The van der Waals surface area contributed by atoms with Crippen molar-refractivity contribution in [2.45, 2.75) is 208 Å². The van der Waals surface area contributed by atoms with E-state index in [2.05, 4.69) is 65.8 Å². The first kappa shape index (κ1) is 43.6. The Bertz CT molecular complexity index is 708. The second kappa shape index (κ2) is 29.5. The van der Waals surface area contributed by atoms with E-state index in [0.717, 1.165) is 0 Å². The van der Waals surface area contributed by atoms with Gasteiger partial charge in [-0.15, -0.1) is 0 Å². The summed E-state index contributed by atoms with van der Waals surface area (Å²) in [4.78, 5) is 0. The maximum absolute atomic E-state index is 2.61. The van der Waals surface area contributed by atoms with E-state index in [1.807, 2.05) is 0 Å². The average Bonchev–Trinajstić information content (AvgIpc) is 3.07. The van der Waals surface area contributed by atoms with Crippen LogP contribution in [-0.4, -0.2) is 42.6 Å². The first-order chi connectivity index (χ1) is 22.5. The third kappa shape index (κ3) is 20.9. The summed E-state index contributed by atoms with van der Waals surface area (Å²) in [5.41, 5.74) is 3.29. The number of quaternary nitrogens is 1. The summed E-state index contributed by atoms with van der Waals surface area (Å²) in [6.45, 7) is 19.5. The number of benzene rings is 1. The quantitative estimate of drug-likeness (QED) is 0.0392. The molecule has 0 spiro atoms. The van der Waals surface area contributed by atoms with Crippen molar-refractivity contribution in [3.63, 3.8) is 0 Å². The van der Waals surface area contributed by atoms with Crippen LogP contribution in [0.5, 0.6) is 0 Å². The molecule has 0 heterocycles. The molecule has 0 atom stereocenters. The molecule has 0 aliphatic rings. The Morgan fingerprint density at radius 2 is 0.674 bits per heavy atom. The molecule has 1 nitrogen and oxygen atoms in total. The molecule has 0 N–H and O–H groups in total. The molecule has 0 saturated carbocycles. The van der Waals surface area contributed by atoms with E-state index in [9.17, 15) is 0 Å². The zero-order valence-electron chi connectivity index (χ0n) is 32.9. The van der Waals surface area contributed by atoms with Crippen LogP contribution in [0.15, 0.2) is 24.3 Å². The number of rotatable bonds is 34. The Labute approximate surface area is 292 Å². The van der Waals surface area contributed by atoms with E-state index in [1.54, 1.807) is 29.6 Å². The Morgan fingerprint density at radius 1 is 0.370 bits per heavy atom. The zero-order chi connectivity index (χ0) is 33.6. The standard InChI is InChI=1S/C44H87NP/c1-7-13-19-22-25-28-38-46(39-29-26-23-20-14-8-2,40-30-27-24-21-15-9-3)42-44-33-31-43(32-34-44)41-45(35-16-10-4,36-17-11-5)37-18-12-6/h31-34,46H,7-30,35-42H2,1-6H3/q+1. The Hall–Kier alpha value is -0.390. The molecule has 0 unspecified atom stereocenters. The SMILES string of the molecule is CCCCCCCC[PH](CCCCCCCC)(CCCCCCCC)Cc1ccc(C[N+](CCCC)(CCCC)CCCC)cc1. The van der Waals surface area contributed by atoms with Gasteiger partial charge in [0.2, 0.25) is 0 Å². The van der Waals surface area contributed by atoms with Gasteiger partial charge in [0, 0.05) is 0 Å². The predicted octanol–water partition coefficient (Wildman–Crippen LogP) is 14.7. The Morgan fingerprint density at radius 3 is 1.02 bits per heavy atom. The van der Waals surface area contributed by atoms with Gasteiger partial charge in [0.15, 0.2) is 0 Å². The normalized spacial score (nSPS) is 12.7. The van der Waals surface area contributed by atoms with Crippen LogP contribution in [0.25, 0.3) is 0 Å². The van der Waals surface area contributed by atoms with Crippen LogP contribution in [0, 0.1) is 0 Å². The molecule has 0 saturated heterocycles. The Kier molecular flexibility index (Phi) is 28.0. The van der Waals surface area contributed by atoms with Crippen molar-refractivity contribution in [1.82, 2.24) is 0 Å². The number of hydrogen-bond acceptors (Lipinski definition) is 0. The van der Waals surface area contributed by atoms with Crippen LogP contribution in [0.4, 0.5) is 0 Å². The molecular weight excluding hydrogens is 573 g/mol. The number of unbranched alkanes of at least 4 members (excludes halogenated alkanes) is 18. The molecule has 0 bridgehead atoms. The van der Waals surface area contributed by atoms with Gasteiger partial charge < -0.3 is 0 Å². The fraction of sp³-hybridized carbons (Fsp3) is 0.864. The second-order valence-corrected chi connectivity index (χ2v) is 20.6. The molecule has 0 aliphatic carbocycles. The molecule has 0 aromatic heterocycles. The second-order valence-electron chi connectivity index (χ2n) is 15.8. The molecule has 1 rings (SSSR count). The molecule has 46 heavy (non-hydrogen) atoms. The summed E-state index contributed by atoms with van der Waals surface area (Å²) in [7, 11) is -1.36. The molecular formula is C44H87NP+. The average molecular weight is 661 g/mol. The maximum atomic E-state index is 2.61. The summed E-state index contributed by atoms with van der Waals surface area (Å²) in [6.07, 6.45) is 40.4. The van der Waals surface area contributed by atoms with Crippen LogP contribution in [0.2, 0.25) is 0 Å². The fourth-order valence-electron chi connectivity index (χ4n) is 8.12. The number of hydrogen-bond donors (Lipinski definition) is 0. The van der Waals surface area contributed by atoms with Crippen molar-refractivity contribution >= 4 is 7.26 Å². The third-order valence-electron chi connectivity index (χ3n) is 11.3. The van der Waals surface area contributed by atoms with Crippen molar-refractivity contribution in [3.05, 3.63) is 35.4 Å². The van der Waals surface area contributed by atoms with Crippen LogP contribution in [0.1, 0.15) is 207 Å². The van der Waals surface area contributed by atoms with Crippen molar-refractivity contribution in [2.24, 2.45) is 0 Å². The minimum absolute atomic E-state index is 1.25. The first-order valence-corrected chi connectivity index (χ1v) is 24.3. The van der Waals surface area contributed by atoms with Gasteiger partial charge in [0.05, 0.1) is 0 Å². The monoisotopic (exact) mass is 661 g/mol. The minimum atomic E-state index is -1.36. The van der Waals surface area contributed by atoms with Gasteiger partial charge >= 0.3 is 294 Å². The van der Waals surface area contributed by atoms with E-state index < -0.39 is 7.26 Å². The molecule has 272 valence electrons. The summed E-state index contributed by atoms with van der Waals surface area (Å²) >= 11 is 0. The van der Waals surface area contributed by atoms with Gasteiger partial charge in [0.25, 0.3) is 0 Å². The van der Waals surface area contributed by atoms with E-state index >= 15 is 0 Å². The van der Waals surface area contributed by atoms with Crippen LogP contribution in [0.3, 0.4) is 0 Å².